The average molecular weight is 421 g/mol. The summed E-state index contributed by atoms with van der Waals surface area (Å²) in [4.78, 5) is 26.7. The molecule has 2 amide bonds. The first-order valence-corrected chi connectivity index (χ1v) is 11.0. The number of carbonyl (C=O) groups is 2. The molecule has 154 valence electrons. The largest absolute Gasteiger partial charge is 0.488 e. The highest BCUT2D eigenvalue weighted by Gasteiger charge is 2.28. The van der Waals surface area contributed by atoms with Gasteiger partial charge in [0.05, 0.1) is 0 Å². The standard InChI is InChI=1S/C24H24N2O3S/c27-23(18-8-4-9-20(15-18)29-16-21-10-5-13-30-21)26-22(24(28)25-19-11-12-19)14-17-6-2-1-3-7-17/h1-10,13,15,19,22H,11-12,14,16H2,(H,25,28)(H,26,27). The summed E-state index contributed by atoms with van der Waals surface area (Å²) in [5.41, 5.74) is 1.47. The van der Waals surface area contributed by atoms with Gasteiger partial charge >= 0.3 is 0 Å². The summed E-state index contributed by atoms with van der Waals surface area (Å²) in [6, 6.07) is 20.4. The molecule has 0 aliphatic heterocycles. The molecule has 30 heavy (non-hydrogen) atoms. The van der Waals surface area contributed by atoms with Gasteiger partial charge in [0.1, 0.15) is 18.4 Å². The molecule has 4 rings (SSSR count). The molecule has 3 aromatic rings. The lowest BCUT2D eigenvalue weighted by Gasteiger charge is -2.19. The van der Waals surface area contributed by atoms with Crippen molar-refractivity contribution in [2.45, 2.75) is 38.0 Å². The third-order valence-corrected chi connectivity index (χ3v) is 5.74. The van der Waals surface area contributed by atoms with Gasteiger partial charge in [0.15, 0.2) is 0 Å². The van der Waals surface area contributed by atoms with Crippen LogP contribution in [0, 0.1) is 0 Å². The van der Waals surface area contributed by atoms with E-state index in [4.69, 9.17) is 4.74 Å². The first-order chi connectivity index (χ1) is 14.7. The van der Waals surface area contributed by atoms with Crippen molar-refractivity contribution in [3.63, 3.8) is 0 Å². The topological polar surface area (TPSA) is 67.4 Å². The maximum absolute atomic E-state index is 12.9. The molecule has 0 spiro atoms. The zero-order valence-electron chi connectivity index (χ0n) is 16.5. The van der Waals surface area contributed by atoms with Crippen molar-refractivity contribution < 1.29 is 14.3 Å². The van der Waals surface area contributed by atoms with Gasteiger partial charge in [-0.25, -0.2) is 0 Å². The van der Waals surface area contributed by atoms with E-state index in [1.54, 1.807) is 29.5 Å². The summed E-state index contributed by atoms with van der Waals surface area (Å²) >= 11 is 1.63. The van der Waals surface area contributed by atoms with E-state index in [0.717, 1.165) is 23.3 Å². The molecule has 0 radical (unpaired) electrons. The molecule has 6 heteroatoms. The van der Waals surface area contributed by atoms with Crippen molar-refractivity contribution in [3.05, 3.63) is 88.1 Å². The lowest BCUT2D eigenvalue weighted by molar-refractivity contribution is -0.123. The van der Waals surface area contributed by atoms with Crippen LogP contribution in [-0.4, -0.2) is 23.9 Å². The molecule has 1 unspecified atom stereocenters. The molecule has 1 fully saturated rings. The Morgan fingerprint density at radius 1 is 1.03 bits per heavy atom. The van der Waals surface area contributed by atoms with E-state index in [-0.39, 0.29) is 17.9 Å². The van der Waals surface area contributed by atoms with Gasteiger partial charge in [0, 0.05) is 22.9 Å². The first kappa shape index (κ1) is 20.2. The van der Waals surface area contributed by atoms with E-state index in [1.807, 2.05) is 53.9 Å². The number of hydrogen-bond donors (Lipinski definition) is 2. The van der Waals surface area contributed by atoms with Crippen molar-refractivity contribution in [1.82, 2.24) is 10.6 Å². The number of hydrogen-bond acceptors (Lipinski definition) is 4. The quantitative estimate of drug-likeness (QED) is 0.551. The van der Waals surface area contributed by atoms with E-state index < -0.39 is 6.04 Å². The smallest absolute Gasteiger partial charge is 0.252 e. The number of benzene rings is 2. The van der Waals surface area contributed by atoms with Gasteiger partial charge < -0.3 is 15.4 Å². The van der Waals surface area contributed by atoms with Crippen LogP contribution in [0.3, 0.4) is 0 Å². The summed E-state index contributed by atoms with van der Waals surface area (Å²) in [5, 5.41) is 7.91. The fraction of sp³-hybridized carbons (Fsp3) is 0.250. The van der Waals surface area contributed by atoms with Crippen LogP contribution >= 0.6 is 11.3 Å². The van der Waals surface area contributed by atoms with Crippen molar-refractivity contribution in [3.8, 4) is 5.75 Å². The van der Waals surface area contributed by atoms with Gasteiger partial charge in [0.2, 0.25) is 5.91 Å². The second kappa shape index (κ2) is 9.59. The third-order valence-electron chi connectivity index (χ3n) is 4.89. The van der Waals surface area contributed by atoms with Crippen molar-refractivity contribution in [2.24, 2.45) is 0 Å². The molecule has 0 saturated heterocycles. The second-order valence-electron chi connectivity index (χ2n) is 7.39. The van der Waals surface area contributed by atoms with Gasteiger partial charge in [-0.1, -0.05) is 42.5 Å². The molecule has 1 aromatic heterocycles. The molecule has 1 heterocycles. The number of amides is 2. The molecule has 0 bridgehead atoms. The number of thiophene rings is 1. The molecule has 5 nitrogen and oxygen atoms in total. The highest BCUT2D eigenvalue weighted by molar-refractivity contribution is 7.09. The van der Waals surface area contributed by atoms with E-state index in [1.165, 1.54) is 0 Å². The lowest BCUT2D eigenvalue weighted by atomic mass is 10.0. The fourth-order valence-corrected chi connectivity index (χ4v) is 3.72. The van der Waals surface area contributed by atoms with Crippen LogP contribution in [0.2, 0.25) is 0 Å². The van der Waals surface area contributed by atoms with Gasteiger partial charge in [-0.2, -0.15) is 0 Å². The van der Waals surface area contributed by atoms with Gasteiger partial charge in [-0.3, -0.25) is 9.59 Å². The molecule has 1 saturated carbocycles. The van der Waals surface area contributed by atoms with Crippen LogP contribution < -0.4 is 15.4 Å². The fourth-order valence-electron chi connectivity index (χ4n) is 3.11. The predicted octanol–water partition coefficient (Wildman–Crippen LogP) is 3.95. The molecule has 2 N–H and O–H groups in total. The Kier molecular flexibility index (Phi) is 6.44. The normalized spacial score (nSPS) is 14.0. The highest BCUT2D eigenvalue weighted by atomic mass is 32.1. The van der Waals surface area contributed by atoms with Crippen LogP contribution in [0.25, 0.3) is 0 Å². The van der Waals surface area contributed by atoms with Crippen LogP contribution in [0.5, 0.6) is 5.75 Å². The van der Waals surface area contributed by atoms with E-state index in [9.17, 15) is 9.59 Å². The van der Waals surface area contributed by atoms with E-state index in [2.05, 4.69) is 10.6 Å². The summed E-state index contributed by atoms with van der Waals surface area (Å²) in [7, 11) is 0. The zero-order chi connectivity index (χ0) is 20.8. The molecule has 1 aliphatic rings. The minimum absolute atomic E-state index is 0.139. The maximum atomic E-state index is 12.9. The van der Waals surface area contributed by atoms with Crippen LogP contribution in [-0.2, 0) is 17.8 Å². The third kappa shape index (κ3) is 5.70. The van der Waals surface area contributed by atoms with Crippen LogP contribution in [0.4, 0.5) is 0 Å². The molecular formula is C24H24N2O3S. The van der Waals surface area contributed by atoms with E-state index in [0.29, 0.717) is 24.3 Å². The number of nitrogens with one attached hydrogen (secondary N) is 2. The van der Waals surface area contributed by atoms with E-state index >= 15 is 0 Å². The Hall–Kier alpha value is -3.12. The average Bonchev–Trinajstić information content (AvgIpc) is 3.43. The summed E-state index contributed by atoms with van der Waals surface area (Å²) in [5.74, 6) is 0.196. The molecule has 2 aromatic carbocycles. The van der Waals surface area contributed by atoms with Crippen molar-refractivity contribution >= 4 is 23.2 Å². The SMILES string of the molecule is O=C(NC(Cc1ccccc1)C(=O)NC1CC1)c1cccc(OCc2cccs2)c1. The Morgan fingerprint density at radius 2 is 1.87 bits per heavy atom. The monoisotopic (exact) mass is 420 g/mol. The van der Waals surface area contributed by atoms with Crippen molar-refractivity contribution in [2.75, 3.05) is 0 Å². The van der Waals surface area contributed by atoms with Gasteiger partial charge in [-0.15, -0.1) is 11.3 Å². The Balaban J connectivity index is 1.43. The summed E-state index contributed by atoms with van der Waals surface area (Å²) in [6.07, 6.45) is 2.45. The first-order valence-electron chi connectivity index (χ1n) is 10.1. The van der Waals surface area contributed by atoms with Crippen LogP contribution in [0.1, 0.15) is 33.6 Å². The van der Waals surface area contributed by atoms with Gasteiger partial charge in [0.25, 0.3) is 5.91 Å². The highest BCUT2D eigenvalue weighted by Crippen LogP contribution is 2.20. The molecule has 1 aliphatic carbocycles. The Bertz CT molecular complexity index is 985. The second-order valence-corrected chi connectivity index (χ2v) is 8.43. The number of rotatable bonds is 9. The Morgan fingerprint density at radius 3 is 2.60 bits per heavy atom. The number of ether oxygens (including phenoxy) is 1. The summed E-state index contributed by atoms with van der Waals surface area (Å²) in [6.45, 7) is 0.461. The Labute approximate surface area is 180 Å². The maximum Gasteiger partial charge on any atom is 0.252 e. The minimum Gasteiger partial charge on any atom is -0.488 e. The molecule has 1 atom stereocenters. The van der Waals surface area contributed by atoms with Gasteiger partial charge in [-0.05, 0) is 48.1 Å². The van der Waals surface area contributed by atoms with Crippen LogP contribution in [0.15, 0.2) is 72.1 Å². The number of carbonyl (C=O) groups excluding carboxylic acids is 2. The zero-order valence-corrected chi connectivity index (χ0v) is 17.4. The summed E-state index contributed by atoms with van der Waals surface area (Å²) < 4.78 is 5.80. The molecular weight excluding hydrogens is 396 g/mol. The predicted molar refractivity (Wildman–Crippen MR) is 118 cm³/mol. The minimum atomic E-state index is -0.629. The van der Waals surface area contributed by atoms with Crippen molar-refractivity contribution in [1.29, 1.82) is 0 Å². The lowest BCUT2D eigenvalue weighted by Crippen LogP contribution is -2.48.